The van der Waals surface area contributed by atoms with Crippen LogP contribution in [-0.2, 0) is 14.3 Å². The molecule has 0 aromatic carbocycles. The monoisotopic (exact) mass is 514 g/mol. The Morgan fingerprint density at radius 1 is 0.892 bits per heavy atom. The van der Waals surface area contributed by atoms with Gasteiger partial charge in [0.25, 0.3) is 0 Å². The molecule has 4 fully saturated rings. The first kappa shape index (κ1) is 27.2. The second-order valence-corrected chi connectivity index (χ2v) is 15.6. The summed E-state index contributed by atoms with van der Waals surface area (Å²) in [5, 5.41) is 22.3. The molecule has 0 spiro atoms. The number of aliphatic carboxylic acids is 1. The molecule has 5 nitrogen and oxygen atoms in total. The highest BCUT2D eigenvalue weighted by molar-refractivity contribution is 5.77. The van der Waals surface area contributed by atoms with Crippen LogP contribution in [0.3, 0.4) is 0 Å². The van der Waals surface area contributed by atoms with E-state index in [2.05, 4.69) is 54.5 Å². The molecule has 0 aromatic rings. The van der Waals surface area contributed by atoms with Crippen LogP contribution in [0.15, 0.2) is 11.6 Å². The minimum atomic E-state index is -0.853. The number of aliphatic hydroxyl groups is 1. The van der Waals surface area contributed by atoms with Crippen LogP contribution in [0.1, 0.15) is 113 Å². The van der Waals surface area contributed by atoms with Gasteiger partial charge in [0.15, 0.2) is 0 Å². The van der Waals surface area contributed by atoms with E-state index in [1.807, 2.05) is 0 Å². The van der Waals surface area contributed by atoms with E-state index < -0.39 is 17.5 Å². The molecule has 0 saturated heterocycles. The van der Waals surface area contributed by atoms with Gasteiger partial charge in [0.2, 0.25) is 0 Å². The first-order valence-corrected chi connectivity index (χ1v) is 14.8. The van der Waals surface area contributed by atoms with Gasteiger partial charge in [-0.3, -0.25) is 9.59 Å². The molecule has 5 heteroatoms. The highest BCUT2D eigenvalue weighted by atomic mass is 16.5. The summed E-state index contributed by atoms with van der Waals surface area (Å²) in [4.78, 5) is 24.7. The van der Waals surface area contributed by atoms with E-state index in [1.165, 1.54) is 12.5 Å². The maximum atomic E-state index is 12.9. The van der Waals surface area contributed by atoms with Crippen LogP contribution < -0.4 is 0 Å². The molecule has 5 rings (SSSR count). The quantitative estimate of drug-likeness (QED) is 0.314. The lowest BCUT2D eigenvalue weighted by atomic mass is 9.33. The summed E-state index contributed by atoms with van der Waals surface area (Å²) in [5.41, 5.74) is 0.0637. The largest absolute Gasteiger partial charge is 0.481 e. The molecule has 5 aliphatic rings. The number of fused-ring (bicyclic) bond motifs is 7. The molecule has 0 amide bonds. The van der Waals surface area contributed by atoms with Crippen LogP contribution in [0.2, 0.25) is 0 Å². The molecule has 0 radical (unpaired) electrons. The second-order valence-electron chi connectivity index (χ2n) is 15.6. The molecule has 0 heterocycles. The second kappa shape index (κ2) is 8.08. The Hall–Kier alpha value is -1.36. The summed E-state index contributed by atoms with van der Waals surface area (Å²) in [6, 6.07) is 0. The molecule has 37 heavy (non-hydrogen) atoms. The zero-order chi connectivity index (χ0) is 27.4. The summed E-state index contributed by atoms with van der Waals surface area (Å²) in [6.45, 7) is 17.8. The molecule has 9 atom stereocenters. The fraction of sp³-hybridized carbons (Fsp3) is 0.875. The van der Waals surface area contributed by atoms with Crippen LogP contribution in [-0.4, -0.2) is 34.4 Å². The predicted molar refractivity (Wildman–Crippen MR) is 144 cm³/mol. The number of hydrogen-bond acceptors (Lipinski definition) is 4. The average molecular weight is 515 g/mol. The molecule has 9 unspecified atom stereocenters. The Morgan fingerprint density at radius 2 is 1.54 bits per heavy atom. The van der Waals surface area contributed by atoms with E-state index >= 15 is 0 Å². The SMILES string of the molecule is CC(=O)OC1CCC2(C)C(CCC3(C)C2CC=C2C4C(O)C(C)(C)CCC4(C(=O)O)CCC23C)C1(C)C. The van der Waals surface area contributed by atoms with Gasteiger partial charge in [0.1, 0.15) is 6.10 Å². The topological polar surface area (TPSA) is 83.8 Å². The van der Waals surface area contributed by atoms with Gasteiger partial charge >= 0.3 is 11.9 Å². The third-order valence-electron chi connectivity index (χ3n) is 13.5. The van der Waals surface area contributed by atoms with Gasteiger partial charge in [0.05, 0.1) is 11.5 Å². The number of carbonyl (C=O) groups is 2. The van der Waals surface area contributed by atoms with E-state index in [-0.39, 0.29) is 45.1 Å². The third kappa shape index (κ3) is 3.37. The van der Waals surface area contributed by atoms with Crippen molar-refractivity contribution < 1.29 is 24.5 Å². The summed E-state index contributed by atoms with van der Waals surface area (Å²) < 4.78 is 5.86. The Kier molecular flexibility index (Phi) is 5.95. The fourth-order valence-electron chi connectivity index (χ4n) is 11.0. The van der Waals surface area contributed by atoms with Gasteiger partial charge in [0, 0.05) is 18.3 Å². The van der Waals surface area contributed by atoms with Crippen molar-refractivity contribution in [2.24, 2.45) is 50.2 Å². The highest BCUT2D eigenvalue weighted by Gasteiger charge is 2.70. The minimum absolute atomic E-state index is 0.0387. The van der Waals surface area contributed by atoms with Gasteiger partial charge in [-0.25, -0.2) is 0 Å². The fourth-order valence-corrected chi connectivity index (χ4v) is 11.0. The van der Waals surface area contributed by atoms with E-state index in [1.54, 1.807) is 0 Å². The zero-order valence-electron chi connectivity index (χ0n) is 24.4. The number of esters is 1. The Labute approximate surface area is 223 Å². The summed E-state index contributed by atoms with van der Waals surface area (Å²) in [5.74, 6) is -0.264. The summed E-state index contributed by atoms with van der Waals surface area (Å²) >= 11 is 0. The number of aliphatic hydroxyl groups excluding tert-OH is 1. The maximum Gasteiger partial charge on any atom is 0.310 e. The zero-order valence-corrected chi connectivity index (χ0v) is 24.4. The predicted octanol–water partition coefficient (Wildman–Crippen LogP) is 6.78. The molecule has 0 aromatic heterocycles. The van der Waals surface area contributed by atoms with Crippen molar-refractivity contribution in [3.63, 3.8) is 0 Å². The highest BCUT2D eigenvalue weighted by Crippen LogP contribution is 2.75. The summed E-state index contributed by atoms with van der Waals surface area (Å²) in [6.07, 6.45) is 9.73. The Bertz CT molecular complexity index is 1030. The van der Waals surface area contributed by atoms with Crippen molar-refractivity contribution >= 4 is 11.9 Å². The molecule has 4 saturated carbocycles. The minimum Gasteiger partial charge on any atom is -0.481 e. The van der Waals surface area contributed by atoms with Crippen LogP contribution in [0, 0.1) is 50.2 Å². The normalized spacial score (nSPS) is 49.9. The first-order chi connectivity index (χ1) is 17.0. The van der Waals surface area contributed by atoms with E-state index in [4.69, 9.17) is 4.74 Å². The molecule has 0 bridgehead atoms. The average Bonchev–Trinajstić information content (AvgIpc) is 2.78. The third-order valence-corrected chi connectivity index (χ3v) is 13.5. The summed E-state index contributed by atoms with van der Waals surface area (Å²) in [7, 11) is 0. The van der Waals surface area contributed by atoms with Gasteiger partial charge in [-0.05, 0) is 91.3 Å². The first-order valence-electron chi connectivity index (χ1n) is 14.8. The number of carboxylic acid groups (broad SMARTS) is 1. The van der Waals surface area contributed by atoms with Crippen molar-refractivity contribution in [1.29, 1.82) is 0 Å². The van der Waals surface area contributed by atoms with Gasteiger partial charge in [-0.1, -0.05) is 60.1 Å². The number of allylic oxidation sites excluding steroid dienone is 1. The maximum absolute atomic E-state index is 12.9. The van der Waals surface area contributed by atoms with Crippen molar-refractivity contribution in [3.8, 4) is 0 Å². The van der Waals surface area contributed by atoms with Gasteiger partial charge < -0.3 is 14.9 Å². The number of ether oxygens (including phenoxy) is 1. The Morgan fingerprint density at radius 3 is 2.16 bits per heavy atom. The van der Waals surface area contributed by atoms with Crippen molar-refractivity contribution in [2.75, 3.05) is 0 Å². The van der Waals surface area contributed by atoms with Gasteiger partial charge in [-0.2, -0.15) is 0 Å². The van der Waals surface area contributed by atoms with Crippen LogP contribution >= 0.6 is 0 Å². The number of carboxylic acids is 1. The van der Waals surface area contributed by atoms with Crippen LogP contribution in [0.25, 0.3) is 0 Å². The smallest absolute Gasteiger partial charge is 0.310 e. The lowest BCUT2D eigenvalue weighted by Crippen LogP contribution is -2.66. The number of carbonyl (C=O) groups excluding carboxylic acids is 1. The van der Waals surface area contributed by atoms with Gasteiger partial charge in [-0.15, -0.1) is 0 Å². The number of hydrogen-bond donors (Lipinski definition) is 2. The standard InChI is InChI=1S/C32H50O5/c1-19(33)37-23-12-13-29(6)21(28(23,4)5)11-14-31(8)22(29)10-9-20-24-25(34)27(2,3)15-17-32(24,26(35)36)18-16-30(20,31)7/h9,21-25,34H,10-18H2,1-8H3,(H,35,36). The van der Waals surface area contributed by atoms with E-state index in [0.29, 0.717) is 24.7 Å². The molecule has 5 aliphatic carbocycles. The lowest BCUT2D eigenvalue weighted by molar-refractivity contribution is -0.217. The molecule has 2 N–H and O–H groups in total. The Balaban J connectivity index is 1.58. The molecular weight excluding hydrogens is 464 g/mol. The van der Waals surface area contributed by atoms with Crippen LogP contribution in [0.4, 0.5) is 0 Å². The van der Waals surface area contributed by atoms with E-state index in [9.17, 15) is 19.8 Å². The van der Waals surface area contributed by atoms with Crippen LogP contribution in [0.5, 0.6) is 0 Å². The molecular formula is C32H50O5. The number of rotatable bonds is 2. The lowest BCUT2D eigenvalue weighted by Gasteiger charge is -2.71. The van der Waals surface area contributed by atoms with Crippen molar-refractivity contribution in [2.45, 2.75) is 125 Å². The molecule has 208 valence electrons. The molecule has 0 aliphatic heterocycles. The van der Waals surface area contributed by atoms with Crippen molar-refractivity contribution in [3.05, 3.63) is 11.6 Å². The van der Waals surface area contributed by atoms with Crippen molar-refractivity contribution in [1.82, 2.24) is 0 Å². The van der Waals surface area contributed by atoms with E-state index in [0.717, 1.165) is 44.9 Å².